The number of rotatable bonds is 8. The zero-order valence-corrected chi connectivity index (χ0v) is 36.7. The average molecular weight is 886 g/mol. The van der Waals surface area contributed by atoms with Crippen molar-refractivity contribution in [1.29, 1.82) is 0 Å². The van der Waals surface area contributed by atoms with E-state index in [9.17, 15) is 37.5 Å². The summed E-state index contributed by atoms with van der Waals surface area (Å²) in [5.74, 6) is -0.245. The number of piperidine rings is 2. The minimum absolute atomic E-state index is 0.217. The molecule has 12 nitrogen and oxygen atoms in total. The summed E-state index contributed by atoms with van der Waals surface area (Å²) < 4.78 is 44.0. The Labute approximate surface area is 367 Å². The van der Waals surface area contributed by atoms with Crippen molar-refractivity contribution < 1.29 is 32.7 Å². The fourth-order valence-corrected chi connectivity index (χ4v) is 12.1. The highest BCUT2D eigenvalue weighted by Crippen LogP contribution is 2.50. The SMILES string of the molecule is Cn1c(=O)n(C2CCC(=O)NC2=O)c2cccc(C3CCC4(CC3)CCN(CC3CCC(c5nc6cc(C(C)(C)O)c(NC(=O)c7cccc(C(F)(F)F)n7)cc6s5)CC3)CC4)c21. The summed E-state index contributed by atoms with van der Waals surface area (Å²) in [4.78, 5) is 62.4. The van der Waals surface area contributed by atoms with Gasteiger partial charge in [-0.3, -0.25) is 28.8 Å². The Morgan fingerprint density at radius 1 is 0.921 bits per heavy atom. The molecule has 4 aliphatic rings. The molecule has 1 atom stereocenters. The van der Waals surface area contributed by atoms with E-state index in [0.29, 0.717) is 46.4 Å². The molecular weight excluding hydrogens is 832 g/mol. The summed E-state index contributed by atoms with van der Waals surface area (Å²) in [6, 6.07) is 12.1. The third kappa shape index (κ3) is 8.57. The van der Waals surface area contributed by atoms with Gasteiger partial charge in [-0.05, 0) is 151 Å². The molecule has 334 valence electrons. The first-order valence-electron chi connectivity index (χ1n) is 22.3. The molecule has 1 unspecified atom stereocenters. The lowest BCUT2D eigenvalue weighted by atomic mass is 9.64. The van der Waals surface area contributed by atoms with Crippen LogP contribution in [0.4, 0.5) is 18.9 Å². The number of nitrogens with one attached hydrogen (secondary N) is 2. The number of carbonyl (C=O) groups excluding carboxylic acids is 3. The van der Waals surface area contributed by atoms with Gasteiger partial charge < -0.3 is 15.3 Å². The van der Waals surface area contributed by atoms with Crippen molar-refractivity contribution in [2.75, 3.05) is 25.0 Å². The minimum atomic E-state index is -4.69. The summed E-state index contributed by atoms with van der Waals surface area (Å²) in [5.41, 5.74) is 1.50. The van der Waals surface area contributed by atoms with Crippen LogP contribution in [0.2, 0.25) is 0 Å². The summed E-state index contributed by atoms with van der Waals surface area (Å²) in [6.07, 6.45) is 6.99. The number of halogens is 3. The lowest BCUT2D eigenvalue weighted by Gasteiger charge is -2.47. The molecule has 3 amide bonds. The predicted octanol–water partition coefficient (Wildman–Crippen LogP) is 8.53. The summed E-state index contributed by atoms with van der Waals surface area (Å²) in [6.45, 7) is 6.50. The van der Waals surface area contributed by atoms with E-state index in [1.807, 2.05) is 12.1 Å². The topological polar surface area (TPSA) is 151 Å². The number of fused-ring (bicyclic) bond motifs is 2. The molecule has 3 aromatic heterocycles. The molecule has 0 radical (unpaired) electrons. The molecular formula is C47H54F3N7O5S. The molecule has 9 rings (SSSR count). The van der Waals surface area contributed by atoms with Gasteiger partial charge in [0.25, 0.3) is 5.91 Å². The number of alkyl halides is 3. The van der Waals surface area contributed by atoms with Crippen LogP contribution in [0, 0.1) is 11.3 Å². The maximum atomic E-state index is 13.5. The van der Waals surface area contributed by atoms with E-state index in [1.165, 1.54) is 24.5 Å². The second kappa shape index (κ2) is 16.6. The Morgan fingerprint density at radius 3 is 2.32 bits per heavy atom. The highest BCUT2D eigenvalue weighted by atomic mass is 32.1. The van der Waals surface area contributed by atoms with Crippen molar-refractivity contribution in [2.24, 2.45) is 18.4 Å². The van der Waals surface area contributed by atoms with Crippen molar-refractivity contribution >= 4 is 56.0 Å². The van der Waals surface area contributed by atoms with Gasteiger partial charge in [-0.25, -0.2) is 14.8 Å². The van der Waals surface area contributed by atoms with Gasteiger partial charge in [0.1, 0.15) is 17.4 Å². The Kier molecular flexibility index (Phi) is 11.4. The third-order valence-electron chi connectivity index (χ3n) is 14.5. The van der Waals surface area contributed by atoms with Gasteiger partial charge in [-0.2, -0.15) is 13.2 Å². The quantitative estimate of drug-likeness (QED) is 0.131. The number of imidazole rings is 1. The smallest absolute Gasteiger partial charge is 0.386 e. The number of pyridine rings is 1. The van der Waals surface area contributed by atoms with E-state index >= 15 is 0 Å². The number of aryl methyl sites for hydroxylation is 1. The average Bonchev–Trinajstić information content (AvgIpc) is 3.78. The summed E-state index contributed by atoms with van der Waals surface area (Å²) in [7, 11) is 1.79. The third-order valence-corrected chi connectivity index (χ3v) is 15.7. The molecule has 16 heteroatoms. The molecule has 5 aromatic rings. The highest BCUT2D eigenvalue weighted by Gasteiger charge is 2.40. The normalized spacial score (nSPS) is 22.8. The van der Waals surface area contributed by atoms with Crippen LogP contribution >= 0.6 is 11.3 Å². The van der Waals surface area contributed by atoms with Gasteiger partial charge >= 0.3 is 11.9 Å². The maximum Gasteiger partial charge on any atom is 0.433 e. The first kappa shape index (κ1) is 43.3. The molecule has 2 aliphatic heterocycles. The fourth-order valence-electron chi connectivity index (χ4n) is 10.9. The zero-order valence-electron chi connectivity index (χ0n) is 35.9. The number of hydrogen-bond acceptors (Lipinski definition) is 9. The molecule has 2 saturated carbocycles. The van der Waals surface area contributed by atoms with Crippen molar-refractivity contribution in [1.82, 2.24) is 29.3 Å². The van der Waals surface area contributed by atoms with Crippen LogP contribution in [-0.2, 0) is 28.4 Å². The number of benzene rings is 2. The Morgan fingerprint density at radius 2 is 1.63 bits per heavy atom. The zero-order chi connectivity index (χ0) is 44.4. The van der Waals surface area contributed by atoms with Crippen molar-refractivity contribution in [2.45, 2.75) is 121 Å². The first-order chi connectivity index (χ1) is 30.0. The van der Waals surface area contributed by atoms with Crippen molar-refractivity contribution in [3.05, 3.63) is 86.5 Å². The van der Waals surface area contributed by atoms with Crippen LogP contribution in [-0.4, -0.2) is 66.5 Å². The van der Waals surface area contributed by atoms with Gasteiger partial charge in [0.2, 0.25) is 11.8 Å². The van der Waals surface area contributed by atoms with Gasteiger partial charge in [0.05, 0.1) is 31.9 Å². The van der Waals surface area contributed by atoms with Crippen LogP contribution in [0.1, 0.15) is 141 Å². The van der Waals surface area contributed by atoms with Crippen molar-refractivity contribution in [3.8, 4) is 0 Å². The fraction of sp³-hybridized carbons (Fsp3) is 0.532. The van der Waals surface area contributed by atoms with Crippen LogP contribution in [0.15, 0.2) is 53.3 Å². The number of aromatic nitrogens is 4. The van der Waals surface area contributed by atoms with Crippen LogP contribution in [0.3, 0.4) is 0 Å². The second-order valence-electron chi connectivity index (χ2n) is 19.0. The monoisotopic (exact) mass is 885 g/mol. The maximum absolute atomic E-state index is 13.5. The number of amides is 3. The van der Waals surface area contributed by atoms with Gasteiger partial charge in [0.15, 0.2) is 0 Å². The molecule has 4 fully saturated rings. The minimum Gasteiger partial charge on any atom is -0.386 e. The number of thiazole rings is 1. The number of carbonyl (C=O) groups is 3. The summed E-state index contributed by atoms with van der Waals surface area (Å²) in [5, 5.41) is 17.2. The molecule has 0 bridgehead atoms. The number of imide groups is 1. The van der Waals surface area contributed by atoms with Gasteiger partial charge in [0, 0.05) is 37.2 Å². The molecule has 63 heavy (non-hydrogen) atoms. The van der Waals surface area contributed by atoms with E-state index < -0.39 is 35.3 Å². The molecule has 2 aliphatic carbocycles. The van der Waals surface area contributed by atoms with Crippen LogP contribution < -0.4 is 16.3 Å². The number of nitrogens with zero attached hydrogens (tertiary/aromatic N) is 5. The largest absolute Gasteiger partial charge is 0.433 e. The van der Waals surface area contributed by atoms with E-state index in [1.54, 1.807) is 53.5 Å². The van der Waals surface area contributed by atoms with Crippen LogP contribution in [0.25, 0.3) is 21.3 Å². The highest BCUT2D eigenvalue weighted by molar-refractivity contribution is 7.18. The molecule has 3 N–H and O–H groups in total. The number of likely N-dealkylation sites (tertiary alicyclic amines) is 1. The Bertz CT molecular complexity index is 2640. The molecule has 1 spiro atoms. The van der Waals surface area contributed by atoms with E-state index in [4.69, 9.17) is 4.98 Å². The standard InChI is InChI=1S/C47H54F3N7O5S/c1-45(2,62)31-24-34-37(25-33(31)52-41(59)32-7-5-9-38(51-32)47(48,49)50)63-43(53-34)29-12-10-27(11-13-29)26-56-22-20-46(21-23-56)18-16-28(17-19-46)30-6-4-8-35-40(30)55(3)44(61)57(35)36-14-15-39(58)54-42(36)60/h4-9,24-25,27-29,36,62H,10-23,26H2,1-3H3,(H,52,59)(H,54,58,60). The first-order valence-corrected chi connectivity index (χ1v) is 23.1. The van der Waals surface area contributed by atoms with E-state index in [0.717, 1.165) is 104 Å². The lowest BCUT2D eigenvalue weighted by molar-refractivity contribution is -0.141. The van der Waals surface area contributed by atoms with E-state index in [2.05, 4.69) is 26.6 Å². The molecule has 5 heterocycles. The number of para-hydroxylation sites is 1. The molecule has 2 saturated heterocycles. The van der Waals surface area contributed by atoms with Crippen molar-refractivity contribution in [3.63, 3.8) is 0 Å². The second-order valence-corrected chi connectivity index (χ2v) is 20.1. The Hall–Kier alpha value is -4.93. The number of anilines is 1. The molecule has 2 aromatic carbocycles. The Balaban J connectivity index is 0.791. The van der Waals surface area contributed by atoms with E-state index in [-0.39, 0.29) is 23.7 Å². The lowest BCUT2D eigenvalue weighted by Crippen LogP contribution is -2.44. The van der Waals surface area contributed by atoms with Crippen LogP contribution in [0.5, 0.6) is 0 Å². The number of hydrogen-bond donors (Lipinski definition) is 3. The summed E-state index contributed by atoms with van der Waals surface area (Å²) >= 11 is 1.56. The predicted molar refractivity (Wildman–Crippen MR) is 235 cm³/mol. The van der Waals surface area contributed by atoms with Gasteiger partial charge in [-0.1, -0.05) is 18.2 Å². The number of aliphatic hydroxyl groups is 1. The van der Waals surface area contributed by atoms with Gasteiger partial charge in [-0.15, -0.1) is 11.3 Å².